The lowest BCUT2D eigenvalue weighted by atomic mass is 10.2. The molecule has 138 valence electrons. The molecule has 0 bridgehead atoms. The summed E-state index contributed by atoms with van der Waals surface area (Å²) in [7, 11) is 3.16. The van der Waals surface area contributed by atoms with Gasteiger partial charge < -0.3 is 20.7 Å². The maximum atomic E-state index is 12.1. The van der Waals surface area contributed by atoms with Crippen molar-refractivity contribution in [1.82, 2.24) is 10.6 Å². The normalized spacial score (nSPS) is 11.6. The number of ether oxygens (including phenoxy) is 1. The van der Waals surface area contributed by atoms with E-state index in [2.05, 4.69) is 20.9 Å². The average molecular weight is 460 g/mol. The summed E-state index contributed by atoms with van der Waals surface area (Å²) in [5.74, 6) is 0.344. The maximum Gasteiger partial charge on any atom is 0.390 e. The predicted molar refractivity (Wildman–Crippen MR) is 101 cm³/mol. The van der Waals surface area contributed by atoms with Crippen molar-refractivity contribution in [3.05, 3.63) is 29.8 Å². The molecule has 0 saturated heterocycles. The fourth-order valence-corrected chi connectivity index (χ4v) is 1.77. The molecule has 3 N–H and O–H groups in total. The second-order valence-electron chi connectivity index (χ2n) is 4.83. The molecular formula is C15H24F3IN4O. The third-order valence-electron chi connectivity index (χ3n) is 2.97. The molecule has 0 unspecified atom stereocenters. The van der Waals surface area contributed by atoms with E-state index in [1.165, 1.54) is 7.05 Å². The topological polar surface area (TPSA) is 57.7 Å². The second-order valence-corrected chi connectivity index (χ2v) is 4.83. The first-order valence-electron chi connectivity index (χ1n) is 7.27. The van der Waals surface area contributed by atoms with Gasteiger partial charge in [-0.05, 0) is 17.7 Å². The van der Waals surface area contributed by atoms with E-state index < -0.39 is 12.6 Å². The number of aliphatic imine (C=N–C) groups is 1. The number of hydrogen-bond donors (Lipinski definition) is 3. The Kier molecular flexibility index (Phi) is 11.6. The number of halogens is 4. The molecule has 0 aliphatic heterocycles. The fourth-order valence-electron chi connectivity index (χ4n) is 1.77. The Labute approximate surface area is 157 Å². The van der Waals surface area contributed by atoms with Gasteiger partial charge in [-0.25, -0.2) is 0 Å². The lowest BCUT2D eigenvalue weighted by Crippen LogP contribution is -2.38. The number of nitrogens with zero attached hydrogens (tertiary/aromatic N) is 1. The summed E-state index contributed by atoms with van der Waals surface area (Å²) >= 11 is 0. The lowest BCUT2D eigenvalue weighted by Gasteiger charge is -2.13. The van der Waals surface area contributed by atoms with Gasteiger partial charge in [0.25, 0.3) is 0 Å². The van der Waals surface area contributed by atoms with Crippen LogP contribution in [0, 0.1) is 0 Å². The maximum absolute atomic E-state index is 12.1. The molecule has 1 aromatic carbocycles. The van der Waals surface area contributed by atoms with E-state index >= 15 is 0 Å². The van der Waals surface area contributed by atoms with Crippen molar-refractivity contribution in [3.8, 4) is 0 Å². The molecule has 1 aromatic rings. The first-order valence-corrected chi connectivity index (χ1v) is 7.27. The van der Waals surface area contributed by atoms with Gasteiger partial charge in [0.15, 0.2) is 5.96 Å². The van der Waals surface area contributed by atoms with Gasteiger partial charge >= 0.3 is 6.18 Å². The summed E-state index contributed by atoms with van der Waals surface area (Å²) in [4.78, 5) is 3.89. The monoisotopic (exact) mass is 460 g/mol. The van der Waals surface area contributed by atoms with Crippen molar-refractivity contribution in [1.29, 1.82) is 0 Å². The van der Waals surface area contributed by atoms with Crippen LogP contribution in [0.25, 0.3) is 0 Å². The highest BCUT2D eigenvalue weighted by molar-refractivity contribution is 14.0. The minimum Gasteiger partial charge on any atom is -0.383 e. The quantitative estimate of drug-likeness (QED) is 0.242. The van der Waals surface area contributed by atoms with E-state index in [1.807, 2.05) is 24.3 Å². The number of hydrogen-bond acceptors (Lipinski definition) is 3. The molecule has 0 aliphatic carbocycles. The van der Waals surface area contributed by atoms with E-state index in [9.17, 15) is 13.2 Å². The van der Waals surface area contributed by atoms with Crippen LogP contribution < -0.4 is 16.0 Å². The minimum absolute atomic E-state index is 0. The van der Waals surface area contributed by atoms with E-state index in [-0.39, 0.29) is 30.5 Å². The van der Waals surface area contributed by atoms with Crippen molar-refractivity contribution in [2.45, 2.75) is 19.1 Å². The largest absolute Gasteiger partial charge is 0.390 e. The zero-order chi connectivity index (χ0) is 17.1. The molecule has 0 aromatic heterocycles. The van der Waals surface area contributed by atoms with Crippen molar-refractivity contribution in [3.63, 3.8) is 0 Å². The molecule has 9 heteroatoms. The van der Waals surface area contributed by atoms with Gasteiger partial charge in [-0.1, -0.05) is 12.1 Å². The Balaban J connectivity index is 0.00000529. The number of anilines is 1. The van der Waals surface area contributed by atoms with Crippen LogP contribution in [0.5, 0.6) is 0 Å². The Morgan fingerprint density at radius 3 is 2.33 bits per heavy atom. The van der Waals surface area contributed by atoms with Crippen LogP contribution in [0.3, 0.4) is 0 Å². The highest BCUT2D eigenvalue weighted by Gasteiger charge is 2.26. The van der Waals surface area contributed by atoms with Crippen molar-refractivity contribution < 1.29 is 17.9 Å². The van der Waals surface area contributed by atoms with Crippen LogP contribution in [0.15, 0.2) is 29.3 Å². The third kappa shape index (κ3) is 10.5. The van der Waals surface area contributed by atoms with E-state index in [0.717, 1.165) is 17.8 Å². The molecule has 0 fully saturated rings. The Bertz CT molecular complexity index is 481. The summed E-state index contributed by atoms with van der Waals surface area (Å²) in [6.07, 6.45) is -5.06. The minimum atomic E-state index is -4.17. The Morgan fingerprint density at radius 2 is 1.79 bits per heavy atom. The van der Waals surface area contributed by atoms with Gasteiger partial charge in [0.2, 0.25) is 0 Å². The highest BCUT2D eigenvalue weighted by Crippen LogP contribution is 2.18. The SMILES string of the molecule is CN=C(NCCC(F)(F)F)NCc1ccc(NCCOC)cc1.I. The third-order valence-corrected chi connectivity index (χ3v) is 2.97. The molecular weight excluding hydrogens is 436 g/mol. The van der Waals surface area contributed by atoms with Crippen LogP contribution in [0.1, 0.15) is 12.0 Å². The van der Waals surface area contributed by atoms with Crippen LogP contribution in [0.4, 0.5) is 18.9 Å². The predicted octanol–water partition coefficient (Wildman–Crippen LogP) is 2.98. The smallest absolute Gasteiger partial charge is 0.383 e. The van der Waals surface area contributed by atoms with Crippen LogP contribution in [-0.4, -0.2) is 46.0 Å². The summed E-state index contributed by atoms with van der Waals surface area (Å²) in [6, 6.07) is 7.75. The van der Waals surface area contributed by atoms with Gasteiger partial charge in [0.05, 0.1) is 13.0 Å². The summed E-state index contributed by atoms with van der Waals surface area (Å²) in [5, 5.41) is 8.81. The molecule has 0 radical (unpaired) electrons. The lowest BCUT2D eigenvalue weighted by molar-refractivity contribution is -0.132. The van der Waals surface area contributed by atoms with Gasteiger partial charge in [-0.2, -0.15) is 13.2 Å². The molecule has 24 heavy (non-hydrogen) atoms. The molecule has 0 saturated carbocycles. The Hall–Kier alpha value is -1.23. The molecule has 0 aliphatic rings. The first-order chi connectivity index (χ1) is 10.9. The molecule has 5 nitrogen and oxygen atoms in total. The number of rotatable bonds is 8. The fraction of sp³-hybridized carbons (Fsp3) is 0.533. The standard InChI is InChI=1S/C15H23F3N4O.HI/c1-19-14(21-8-7-15(16,17)18)22-11-12-3-5-13(6-4-12)20-9-10-23-2;/h3-6,20H,7-11H2,1-2H3,(H2,19,21,22);1H. The molecule has 0 atom stereocenters. The van der Waals surface area contributed by atoms with Gasteiger partial charge in [-0.3, -0.25) is 4.99 Å². The molecule has 0 heterocycles. The number of guanidine groups is 1. The van der Waals surface area contributed by atoms with E-state index in [4.69, 9.17) is 4.74 Å². The second kappa shape index (κ2) is 12.2. The number of benzene rings is 1. The van der Waals surface area contributed by atoms with Crippen molar-refractivity contribution in [2.75, 3.05) is 39.2 Å². The van der Waals surface area contributed by atoms with Gasteiger partial charge in [0, 0.05) is 39.5 Å². The van der Waals surface area contributed by atoms with Gasteiger partial charge in [0.1, 0.15) is 0 Å². The number of nitrogens with one attached hydrogen (secondary N) is 3. The molecule has 0 amide bonds. The summed E-state index contributed by atoms with van der Waals surface area (Å²) in [6.45, 7) is 1.63. The first kappa shape index (κ1) is 22.8. The van der Waals surface area contributed by atoms with Crippen molar-refractivity contribution >= 4 is 35.6 Å². The zero-order valence-corrected chi connectivity index (χ0v) is 16.1. The number of alkyl halides is 3. The molecule has 1 rings (SSSR count). The molecule has 0 spiro atoms. The summed E-state index contributed by atoms with van der Waals surface area (Å²) in [5.41, 5.74) is 1.99. The highest BCUT2D eigenvalue weighted by atomic mass is 127. The van der Waals surface area contributed by atoms with Crippen molar-refractivity contribution in [2.24, 2.45) is 4.99 Å². The van der Waals surface area contributed by atoms with Gasteiger partial charge in [-0.15, -0.1) is 24.0 Å². The average Bonchev–Trinajstić information content (AvgIpc) is 2.51. The van der Waals surface area contributed by atoms with E-state index in [0.29, 0.717) is 19.1 Å². The number of methoxy groups -OCH3 is 1. The van der Waals surface area contributed by atoms with Crippen LogP contribution in [0.2, 0.25) is 0 Å². The van der Waals surface area contributed by atoms with Crippen LogP contribution in [-0.2, 0) is 11.3 Å². The Morgan fingerprint density at radius 1 is 1.12 bits per heavy atom. The van der Waals surface area contributed by atoms with E-state index in [1.54, 1.807) is 7.11 Å². The zero-order valence-electron chi connectivity index (χ0n) is 13.7. The summed E-state index contributed by atoms with van der Waals surface area (Å²) < 4.78 is 41.2. The van der Waals surface area contributed by atoms with Crippen LogP contribution >= 0.6 is 24.0 Å².